The maximum atomic E-state index is 8.72. The van der Waals surface area contributed by atoms with E-state index in [1.165, 1.54) is 0 Å². The molecule has 0 radical (unpaired) electrons. The van der Waals surface area contributed by atoms with Crippen LogP contribution in [-0.2, 0) is 0 Å². The number of hydrogen-bond acceptors (Lipinski definition) is 3. The predicted octanol–water partition coefficient (Wildman–Crippen LogP) is -1.19. The lowest BCUT2D eigenvalue weighted by molar-refractivity contribution is 0.152. The predicted molar refractivity (Wildman–Crippen MR) is 34.0 cm³/mol. The van der Waals surface area contributed by atoms with Crippen molar-refractivity contribution in [1.82, 2.24) is 5.32 Å². The molecule has 1 saturated heterocycles. The Bertz CT molecular complexity index is 77.1. The molecule has 0 amide bonds. The van der Waals surface area contributed by atoms with Gasteiger partial charge in [-0.2, -0.15) is 0 Å². The van der Waals surface area contributed by atoms with Crippen molar-refractivity contribution in [1.29, 1.82) is 0 Å². The molecule has 1 rings (SSSR count). The van der Waals surface area contributed by atoms with E-state index in [-0.39, 0.29) is 25.0 Å². The van der Waals surface area contributed by atoms with Gasteiger partial charge in [-0.3, -0.25) is 0 Å². The van der Waals surface area contributed by atoms with Crippen LogP contribution in [0.5, 0.6) is 0 Å². The Kier molecular flexibility index (Phi) is 2.45. The molecule has 0 saturated carbocycles. The molecule has 2 atom stereocenters. The number of hydrogen-bond donors (Lipinski definition) is 3. The Morgan fingerprint density at radius 2 is 1.56 bits per heavy atom. The van der Waals surface area contributed by atoms with Gasteiger partial charge >= 0.3 is 0 Å². The van der Waals surface area contributed by atoms with Crippen molar-refractivity contribution >= 4 is 0 Å². The van der Waals surface area contributed by atoms with Gasteiger partial charge in [0.05, 0.1) is 0 Å². The first-order chi connectivity index (χ1) is 4.38. The average Bonchev–Trinajstić information content (AvgIpc) is 2.33. The highest BCUT2D eigenvalue weighted by molar-refractivity contribution is 4.79. The molecule has 0 aromatic carbocycles. The first kappa shape index (κ1) is 6.99. The third-order valence-electron chi connectivity index (χ3n) is 1.95. The smallest absolute Gasteiger partial charge is 0.0475 e. The number of rotatable bonds is 2. The normalized spacial score (nSPS) is 35.3. The van der Waals surface area contributed by atoms with E-state index in [1.807, 2.05) is 0 Å². The maximum Gasteiger partial charge on any atom is 0.0475 e. The Morgan fingerprint density at radius 1 is 1.11 bits per heavy atom. The van der Waals surface area contributed by atoms with Gasteiger partial charge in [0.1, 0.15) is 0 Å². The Hall–Kier alpha value is -0.120. The highest BCUT2D eigenvalue weighted by Crippen LogP contribution is 2.14. The fourth-order valence-corrected chi connectivity index (χ4v) is 1.21. The molecule has 0 aromatic rings. The number of aliphatic hydroxyl groups is 2. The minimum absolute atomic E-state index is 0.193. The molecule has 1 heterocycles. The van der Waals surface area contributed by atoms with Crippen LogP contribution in [0.1, 0.15) is 0 Å². The van der Waals surface area contributed by atoms with Crippen molar-refractivity contribution in [3.8, 4) is 0 Å². The van der Waals surface area contributed by atoms with Crippen LogP contribution in [-0.4, -0.2) is 36.5 Å². The first-order valence-electron chi connectivity index (χ1n) is 3.31. The van der Waals surface area contributed by atoms with Crippen LogP contribution in [0.2, 0.25) is 0 Å². The van der Waals surface area contributed by atoms with Gasteiger partial charge in [-0.1, -0.05) is 0 Å². The molecule has 0 spiro atoms. The lowest BCUT2D eigenvalue weighted by atomic mass is 9.98. The van der Waals surface area contributed by atoms with Crippen LogP contribution in [0.4, 0.5) is 0 Å². The molecule has 9 heavy (non-hydrogen) atoms. The monoisotopic (exact) mass is 131 g/mol. The fourth-order valence-electron chi connectivity index (χ4n) is 1.21. The highest BCUT2D eigenvalue weighted by atomic mass is 16.3. The van der Waals surface area contributed by atoms with Crippen LogP contribution >= 0.6 is 0 Å². The number of nitrogens with one attached hydrogen (secondary N) is 1. The zero-order valence-electron chi connectivity index (χ0n) is 5.38. The van der Waals surface area contributed by atoms with E-state index in [0.29, 0.717) is 0 Å². The number of aliphatic hydroxyl groups excluding tert-OH is 2. The molecule has 1 aliphatic rings. The Labute approximate surface area is 54.7 Å². The van der Waals surface area contributed by atoms with Crippen molar-refractivity contribution in [2.24, 2.45) is 11.8 Å². The third kappa shape index (κ3) is 1.41. The van der Waals surface area contributed by atoms with Crippen LogP contribution < -0.4 is 5.32 Å². The Balaban J connectivity index is 2.32. The van der Waals surface area contributed by atoms with Gasteiger partial charge in [-0.15, -0.1) is 0 Å². The molecule has 1 aliphatic heterocycles. The molecule has 1 fully saturated rings. The fraction of sp³-hybridized carbons (Fsp3) is 1.00. The highest BCUT2D eigenvalue weighted by Gasteiger charge is 2.24. The summed E-state index contributed by atoms with van der Waals surface area (Å²) in [6.07, 6.45) is 0. The van der Waals surface area contributed by atoms with E-state index in [9.17, 15) is 0 Å². The molecule has 3 nitrogen and oxygen atoms in total. The Morgan fingerprint density at radius 3 is 1.89 bits per heavy atom. The second-order valence-corrected chi connectivity index (χ2v) is 2.54. The molecular weight excluding hydrogens is 118 g/mol. The average molecular weight is 131 g/mol. The van der Waals surface area contributed by atoms with Gasteiger partial charge in [0.25, 0.3) is 0 Å². The summed E-state index contributed by atoms with van der Waals surface area (Å²) < 4.78 is 0. The quantitative estimate of drug-likeness (QED) is 0.441. The van der Waals surface area contributed by atoms with E-state index < -0.39 is 0 Å². The lowest BCUT2D eigenvalue weighted by Crippen LogP contribution is -2.19. The van der Waals surface area contributed by atoms with E-state index in [2.05, 4.69) is 5.32 Å². The van der Waals surface area contributed by atoms with Gasteiger partial charge in [0.2, 0.25) is 0 Å². The largest absolute Gasteiger partial charge is 0.396 e. The zero-order chi connectivity index (χ0) is 6.69. The van der Waals surface area contributed by atoms with Crippen LogP contribution in [0, 0.1) is 11.8 Å². The first-order valence-corrected chi connectivity index (χ1v) is 3.31. The summed E-state index contributed by atoms with van der Waals surface area (Å²) in [6, 6.07) is 0. The minimum Gasteiger partial charge on any atom is -0.396 e. The zero-order valence-corrected chi connectivity index (χ0v) is 5.38. The molecular formula is C6H13NO2. The van der Waals surface area contributed by atoms with Crippen LogP contribution in [0.25, 0.3) is 0 Å². The van der Waals surface area contributed by atoms with Crippen LogP contribution in [0.3, 0.4) is 0 Å². The summed E-state index contributed by atoms with van der Waals surface area (Å²) in [4.78, 5) is 0. The van der Waals surface area contributed by atoms with Crippen molar-refractivity contribution in [2.75, 3.05) is 26.3 Å². The van der Waals surface area contributed by atoms with E-state index in [4.69, 9.17) is 10.2 Å². The third-order valence-corrected chi connectivity index (χ3v) is 1.95. The summed E-state index contributed by atoms with van der Waals surface area (Å²) in [5.41, 5.74) is 0. The molecule has 0 unspecified atom stereocenters. The molecule has 0 aromatic heterocycles. The maximum absolute atomic E-state index is 8.72. The van der Waals surface area contributed by atoms with Crippen LogP contribution in [0.15, 0.2) is 0 Å². The van der Waals surface area contributed by atoms with Gasteiger partial charge in [0.15, 0.2) is 0 Å². The van der Waals surface area contributed by atoms with Gasteiger partial charge in [0, 0.05) is 38.1 Å². The topological polar surface area (TPSA) is 52.5 Å². The molecule has 3 N–H and O–H groups in total. The van der Waals surface area contributed by atoms with Crippen molar-refractivity contribution in [2.45, 2.75) is 0 Å². The van der Waals surface area contributed by atoms with E-state index in [0.717, 1.165) is 13.1 Å². The summed E-state index contributed by atoms with van der Waals surface area (Å²) in [5, 5.41) is 20.5. The second kappa shape index (κ2) is 3.15. The lowest BCUT2D eigenvalue weighted by Gasteiger charge is -2.11. The van der Waals surface area contributed by atoms with Gasteiger partial charge in [-0.05, 0) is 0 Å². The van der Waals surface area contributed by atoms with Gasteiger partial charge < -0.3 is 15.5 Å². The summed E-state index contributed by atoms with van der Waals surface area (Å²) in [5.74, 6) is 0.546. The summed E-state index contributed by atoms with van der Waals surface area (Å²) in [6.45, 7) is 2.08. The molecule has 54 valence electrons. The molecule has 0 aliphatic carbocycles. The standard InChI is InChI=1S/C6H13NO2/c8-3-5-1-7-2-6(5)4-9/h5-9H,1-4H2/t5-,6-/m0/s1. The van der Waals surface area contributed by atoms with E-state index in [1.54, 1.807) is 0 Å². The van der Waals surface area contributed by atoms with Crippen molar-refractivity contribution in [3.05, 3.63) is 0 Å². The second-order valence-electron chi connectivity index (χ2n) is 2.54. The SMILES string of the molecule is OC[C@@H]1CNC[C@H]1CO. The van der Waals surface area contributed by atoms with Crippen molar-refractivity contribution in [3.63, 3.8) is 0 Å². The molecule has 3 heteroatoms. The van der Waals surface area contributed by atoms with Gasteiger partial charge in [-0.25, -0.2) is 0 Å². The molecule has 0 bridgehead atoms. The summed E-state index contributed by atoms with van der Waals surface area (Å²) >= 11 is 0. The van der Waals surface area contributed by atoms with E-state index >= 15 is 0 Å². The minimum atomic E-state index is 0.193. The summed E-state index contributed by atoms with van der Waals surface area (Å²) in [7, 11) is 0. The van der Waals surface area contributed by atoms with Crippen molar-refractivity contribution < 1.29 is 10.2 Å².